The van der Waals surface area contributed by atoms with Crippen LogP contribution in [0.15, 0.2) is 46.9 Å². The molecule has 0 radical (unpaired) electrons. The van der Waals surface area contributed by atoms with Crippen LogP contribution in [0.2, 0.25) is 5.02 Å². The summed E-state index contributed by atoms with van der Waals surface area (Å²) in [6, 6.07) is 11.4. The summed E-state index contributed by atoms with van der Waals surface area (Å²) >= 11 is 9.11. The molecule has 0 atom stereocenters. The van der Waals surface area contributed by atoms with Gasteiger partial charge in [-0.05, 0) is 52.3 Å². The minimum absolute atomic E-state index is 0.313. The molecular weight excluding hydrogens is 386 g/mol. The van der Waals surface area contributed by atoms with Crippen LogP contribution in [0.4, 0.5) is 5.69 Å². The van der Waals surface area contributed by atoms with Crippen molar-refractivity contribution in [3.8, 4) is 5.75 Å². The summed E-state index contributed by atoms with van der Waals surface area (Å²) in [4.78, 5) is 23.7. The van der Waals surface area contributed by atoms with Gasteiger partial charge in [0, 0.05) is 10.7 Å². The molecule has 120 valence electrons. The minimum Gasteiger partial charge on any atom is -0.496 e. The molecule has 1 N–H and O–H groups in total. The van der Waals surface area contributed by atoms with Crippen LogP contribution in [0, 0.1) is 0 Å². The van der Waals surface area contributed by atoms with Gasteiger partial charge in [0.2, 0.25) is 0 Å². The highest BCUT2D eigenvalue weighted by Crippen LogP contribution is 2.25. The maximum atomic E-state index is 11.9. The Labute approximate surface area is 146 Å². The third-order valence-electron chi connectivity index (χ3n) is 2.83. The number of nitrogens with one attached hydrogen (secondary N) is 1. The molecule has 0 spiro atoms. The fourth-order valence-electron chi connectivity index (χ4n) is 1.77. The summed E-state index contributed by atoms with van der Waals surface area (Å²) in [7, 11) is 1.53. The van der Waals surface area contributed by atoms with Crippen molar-refractivity contribution in [2.75, 3.05) is 19.0 Å². The average Bonchev–Trinajstić information content (AvgIpc) is 2.52. The Morgan fingerprint density at radius 1 is 1.22 bits per heavy atom. The van der Waals surface area contributed by atoms with Crippen LogP contribution in [0.3, 0.4) is 0 Å². The van der Waals surface area contributed by atoms with Crippen molar-refractivity contribution in [1.29, 1.82) is 0 Å². The van der Waals surface area contributed by atoms with Gasteiger partial charge >= 0.3 is 5.97 Å². The maximum Gasteiger partial charge on any atom is 0.338 e. The first kappa shape index (κ1) is 17.3. The van der Waals surface area contributed by atoms with Gasteiger partial charge in [-0.3, -0.25) is 4.79 Å². The van der Waals surface area contributed by atoms with E-state index in [1.165, 1.54) is 7.11 Å². The number of rotatable bonds is 5. The van der Waals surface area contributed by atoms with Gasteiger partial charge in [0.1, 0.15) is 5.75 Å². The number of hydrogen-bond acceptors (Lipinski definition) is 4. The molecule has 0 bridgehead atoms. The van der Waals surface area contributed by atoms with Crippen molar-refractivity contribution in [3.05, 3.63) is 57.5 Å². The Hall–Kier alpha value is -2.05. The van der Waals surface area contributed by atoms with E-state index in [2.05, 4.69) is 21.2 Å². The summed E-state index contributed by atoms with van der Waals surface area (Å²) in [6.45, 7) is -0.394. The lowest BCUT2D eigenvalue weighted by molar-refractivity contribution is -0.119. The smallest absolute Gasteiger partial charge is 0.338 e. The molecule has 0 aliphatic heterocycles. The Morgan fingerprint density at radius 2 is 2.00 bits per heavy atom. The quantitative estimate of drug-likeness (QED) is 0.776. The van der Waals surface area contributed by atoms with Crippen molar-refractivity contribution in [3.63, 3.8) is 0 Å². The van der Waals surface area contributed by atoms with E-state index < -0.39 is 18.5 Å². The lowest BCUT2D eigenvalue weighted by Crippen LogP contribution is -2.20. The number of halogens is 2. The largest absolute Gasteiger partial charge is 0.496 e. The number of carbonyl (C=O) groups is 2. The van der Waals surface area contributed by atoms with E-state index in [9.17, 15) is 9.59 Å². The normalized spacial score (nSPS) is 10.0. The minimum atomic E-state index is -0.602. The second-order valence-corrected chi connectivity index (χ2v) is 5.77. The van der Waals surface area contributed by atoms with Gasteiger partial charge in [-0.1, -0.05) is 17.7 Å². The van der Waals surface area contributed by atoms with Crippen LogP contribution < -0.4 is 10.1 Å². The lowest BCUT2D eigenvalue weighted by Gasteiger charge is -2.08. The molecule has 0 aliphatic rings. The van der Waals surface area contributed by atoms with Gasteiger partial charge in [-0.2, -0.15) is 0 Å². The summed E-state index contributed by atoms with van der Waals surface area (Å²) in [5.74, 6) is -0.456. The highest BCUT2D eigenvalue weighted by molar-refractivity contribution is 9.10. The number of methoxy groups -OCH3 is 1. The molecule has 5 nitrogen and oxygen atoms in total. The van der Waals surface area contributed by atoms with Crippen molar-refractivity contribution < 1.29 is 19.1 Å². The Bertz CT molecular complexity index is 736. The van der Waals surface area contributed by atoms with Gasteiger partial charge < -0.3 is 14.8 Å². The summed E-state index contributed by atoms with van der Waals surface area (Å²) in [5, 5.41) is 3.09. The molecule has 0 saturated heterocycles. The molecule has 0 fully saturated rings. The second kappa shape index (κ2) is 7.99. The number of benzene rings is 2. The summed E-state index contributed by atoms with van der Waals surface area (Å²) in [5.41, 5.74) is 0.846. The van der Waals surface area contributed by atoms with Crippen LogP contribution in [0.5, 0.6) is 5.75 Å². The highest BCUT2D eigenvalue weighted by Gasteiger charge is 2.12. The van der Waals surface area contributed by atoms with Crippen molar-refractivity contribution >= 4 is 45.1 Å². The van der Waals surface area contributed by atoms with Crippen molar-refractivity contribution in [2.45, 2.75) is 0 Å². The third kappa shape index (κ3) is 4.97. The SMILES string of the molecule is COc1ccc(C(=O)OCC(=O)Nc2cccc(Cl)c2)cc1Br. The molecule has 2 rings (SSSR count). The van der Waals surface area contributed by atoms with Crippen LogP contribution >= 0.6 is 27.5 Å². The van der Waals surface area contributed by atoms with E-state index in [1.54, 1.807) is 42.5 Å². The maximum absolute atomic E-state index is 11.9. The molecule has 2 aromatic rings. The van der Waals surface area contributed by atoms with E-state index in [0.29, 0.717) is 26.5 Å². The predicted octanol–water partition coefficient (Wildman–Crippen LogP) is 3.91. The molecule has 23 heavy (non-hydrogen) atoms. The first-order chi connectivity index (χ1) is 11.0. The zero-order valence-corrected chi connectivity index (χ0v) is 14.5. The molecule has 7 heteroatoms. The number of anilines is 1. The number of hydrogen-bond donors (Lipinski definition) is 1. The highest BCUT2D eigenvalue weighted by atomic mass is 79.9. The first-order valence-electron chi connectivity index (χ1n) is 6.55. The zero-order valence-electron chi connectivity index (χ0n) is 12.1. The average molecular weight is 399 g/mol. The first-order valence-corrected chi connectivity index (χ1v) is 7.73. The van der Waals surface area contributed by atoms with Gasteiger partial charge in [-0.15, -0.1) is 0 Å². The monoisotopic (exact) mass is 397 g/mol. The second-order valence-electron chi connectivity index (χ2n) is 4.48. The summed E-state index contributed by atoms with van der Waals surface area (Å²) in [6.07, 6.45) is 0. The summed E-state index contributed by atoms with van der Waals surface area (Å²) < 4.78 is 10.7. The molecule has 0 heterocycles. The van der Waals surface area contributed by atoms with Crippen LogP contribution in [-0.2, 0) is 9.53 Å². The van der Waals surface area contributed by atoms with Gasteiger partial charge in [0.05, 0.1) is 17.1 Å². The Balaban J connectivity index is 1.91. The number of ether oxygens (including phenoxy) is 2. The van der Waals surface area contributed by atoms with Crippen molar-refractivity contribution in [1.82, 2.24) is 0 Å². The number of esters is 1. The number of carbonyl (C=O) groups excluding carboxylic acids is 2. The van der Waals surface area contributed by atoms with E-state index in [0.717, 1.165) is 0 Å². The van der Waals surface area contributed by atoms with E-state index in [-0.39, 0.29) is 0 Å². The third-order valence-corrected chi connectivity index (χ3v) is 3.69. The van der Waals surface area contributed by atoms with Crippen LogP contribution in [0.1, 0.15) is 10.4 Å². The molecule has 0 aromatic heterocycles. The van der Waals surface area contributed by atoms with Gasteiger partial charge in [0.25, 0.3) is 5.91 Å². The van der Waals surface area contributed by atoms with Gasteiger partial charge in [-0.25, -0.2) is 4.79 Å². The van der Waals surface area contributed by atoms with Gasteiger partial charge in [0.15, 0.2) is 6.61 Å². The fourth-order valence-corrected chi connectivity index (χ4v) is 2.50. The molecule has 1 amide bonds. The molecule has 2 aromatic carbocycles. The van der Waals surface area contributed by atoms with E-state index in [4.69, 9.17) is 21.1 Å². The molecule has 0 aliphatic carbocycles. The standard InChI is InChI=1S/C16H13BrClNO4/c1-22-14-6-5-10(7-13(14)17)16(21)23-9-15(20)19-12-4-2-3-11(18)8-12/h2-8H,9H2,1H3,(H,19,20). The zero-order chi connectivity index (χ0) is 16.8. The molecule has 0 saturated carbocycles. The number of amides is 1. The van der Waals surface area contributed by atoms with Crippen LogP contribution in [0.25, 0.3) is 0 Å². The predicted molar refractivity (Wildman–Crippen MR) is 91.1 cm³/mol. The fraction of sp³-hybridized carbons (Fsp3) is 0.125. The lowest BCUT2D eigenvalue weighted by atomic mass is 10.2. The molecule has 0 unspecified atom stereocenters. The molecular formula is C16H13BrClNO4. The van der Waals surface area contributed by atoms with E-state index >= 15 is 0 Å². The topological polar surface area (TPSA) is 64.6 Å². The van der Waals surface area contributed by atoms with Crippen molar-refractivity contribution in [2.24, 2.45) is 0 Å². The Kier molecular flexibility index (Phi) is 6.01. The van der Waals surface area contributed by atoms with Crippen LogP contribution in [-0.4, -0.2) is 25.6 Å². The Morgan fingerprint density at radius 3 is 2.65 bits per heavy atom. The van der Waals surface area contributed by atoms with E-state index in [1.807, 2.05) is 0 Å².